The van der Waals surface area contributed by atoms with Crippen molar-refractivity contribution in [2.24, 2.45) is 5.10 Å². The van der Waals surface area contributed by atoms with Gasteiger partial charge in [-0.15, -0.1) is 0 Å². The Hall–Kier alpha value is -2.71. The molecule has 7 nitrogen and oxygen atoms in total. The Balaban J connectivity index is 2.27. The zero-order valence-corrected chi connectivity index (χ0v) is 11.9. The van der Waals surface area contributed by atoms with Crippen LogP contribution in [0.3, 0.4) is 0 Å². The molecular weight excluding hydrogens is 308 g/mol. The van der Waals surface area contributed by atoms with Gasteiger partial charge in [-0.3, -0.25) is 5.43 Å². The molecule has 0 aliphatic carbocycles. The number of hydrogen-bond acceptors (Lipinski definition) is 6. The highest BCUT2D eigenvalue weighted by Crippen LogP contribution is 2.16. The summed E-state index contributed by atoms with van der Waals surface area (Å²) in [6, 6.07) is 11.7. The number of carboxylic acid groups (broad SMARTS) is 1. The van der Waals surface area contributed by atoms with Crippen molar-refractivity contribution in [3.63, 3.8) is 0 Å². The first-order valence-electron chi connectivity index (χ1n) is 6.06. The smallest absolute Gasteiger partial charge is 0.337 e. The fourth-order valence-corrected chi connectivity index (χ4v) is 2.41. The van der Waals surface area contributed by atoms with Crippen molar-refractivity contribution in [1.29, 1.82) is 0 Å². The molecule has 0 fully saturated rings. The molecule has 2 aromatic rings. The molecule has 2 aromatic carbocycles. The Bertz CT molecular complexity index is 831. The summed E-state index contributed by atoms with van der Waals surface area (Å²) >= 11 is 0. The lowest BCUT2D eigenvalue weighted by molar-refractivity contribution is 0.0698. The van der Waals surface area contributed by atoms with Gasteiger partial charge in [-0.2, -0.15) is 5.10 Å². The summed E-state index contributed by atoms with van der Waals surface area (Å²) in [4.78, 5) is 10.6. The SMILES string of the molecule is O=C(O)c1ccccc1N/N=C/c1ccccc1S(=O)(=O)[O-]. The Kier molecular flexibility index (Phi) is 4.54. The van der Waals surface area contributed by atoms with Crippen LogP contribution in [0.5, 0.6) is 0 Å². The van der Waals surface area contributed by atoms with Crippen molar-refractivity contribution < 1.29 is 22.9 Å². The molecule has 0 unspecified atom stereocenters. The fraction of sp³-hybridized carbons (Fsp3) is 0. The van der Waals surface area contributed by atoms with Gasteiger partial charge in [0.05, 0.1) is 22.4 Å². The van der Waals surface area contributed by atoms with Crippen LogP contribution in [-0.2, 0) is 10.1 Å². The highest BCUT2D eigenvalue weighted by molar-refractivity contribution is 7.85. The van der Waals surface area contributed by atoms with E-state index < -0.39 is 21.0 Å². The molecule has 22 heavy (non-hydrogen) atoms. The predicted molar refractivity (Wildman–Crippen MR) is 79.0 cm³/mol. The van der Waals surface area contributed by atoms with Gasteiger partial charge in [-0.25, -0.2) is 13.2 Å². The summed E-state index contributed by atoms with van der Waals surface area (Å²) in [5.41, 5.74) is 2.88. The zero-order chi connectivity index (χ0) is 16.2. The second-order valence-corrected chi connectivity index (χ2v) is 5.56. The van der Waals surface area contributed by atoms with E-state index in [9.17, 15) is 17.8 Å². The van der Waals surface area contributed by atoms with Gasteiger partial charge < -0.3 is 9.66 Å². The molecule has 0 aliphatic heterocycles. The molecule has 2 N–H and O–H groups in total. The molecule has 0 radical (unpaired) electrons. The molecule has 0 amide bonds. The molecule has 114 valence electrons. The molecule has 0 aliphatic rings. The third kappa shape index (κ3) is 3.68. The van der Waals surface area contributed by atoms with E-state index in [0.29, 0.717) is 0 Å². The summed E-state index contributed by atoms with van der Waals surface area (Å²) in [5.74, 6) is -1.12. The highest BCUT2D eigenvalue weighted by Gasteiger charge is 2.08. The van der Waals surface area contributed by atoms with Gasteiger partial charge >= 0.3 is 5.97 Å². The van der Waals surface area contributed by atoms with E-state index in [1.165, 1.54) is 30.3 Å². The average Bonchev–Trinajstić information content (AvgIpc) is 2.47. The Labute approximate surface area is 126 Å². The van der Waals surface area contributed by atoms with E-state index in [4.69, 9.17) is 5.11 Å². The summed E-state index contributed by atoms with van der Waals surface area (Å²) < 4.78 is 33.3. The van der Waals surface area contributed by atoms with Crippen LogP contribution in [0.25, 0.3) is 0 Å². The highest BCUT2D eigenvalue weighted by atomic mass is 32.2. The lowest BCUT2D eigenvalue weighted by atomic mass is 10.2. The monoisotopic (exact) mass is 319 g/mol. The van der Waals surface area contributed by atoms with Gasteiger partial charge in [-0.1, -0.05) is 30.3 Å². The predicted octanol–water partition coefficient (Wildman–Crippen LogP) is 1.73. The van der Waals surface area contributed by atoms with E-state index in [1.54, 1.807) is 18.2 Å². The van der Waals surface area contributed by atoms with Crippen LogP contribution in [0.4, 0.5) is 5.69 Å². The van der Waals surface area contributed by atoms with Crippen molar-refractivity contribution >= 4 is 28.0 Å². The molecule has 0 bridgehead atoms. The third-order valence-electron chi connectivity index (χ3n) is 2.73. The number of benzene rings is 2. The van der Waals surface area contributed by atoms with Crippen LogP contribution < -0.4 is 5.43 Å². The zero-order valence-electron chi connectivity index (χ0n) is 11.1. The number of carboxylic acids is 1. The van der Waals surface area contributed by atoms with Crippen LogP contribution in [0, 0.1) is 0 Å². The minimum absolute atomic E-state index is 0.0179. The van der Waals surface area contributed by atoms with Gasteiger partial charge in [0, 0.05) is 5.56 Å². The molecule has 0 aromatic heterocycles. The van der Waals surface area contributed by atoms with Gasteiger partial charge in [0.2, 0.25) is 0 Å². The minimum Gasteiger partial charge on any atom is -0.744 e. The number of hydrazone groups is 1. The van der Waals surface area contributed by atoms with E-state index in [-0.39, 0.29) is 16.8 Å². The Morgan fingerprint density at radius 1 is 1.14 bits per heavy atom. The number of carbonyl (C=O) groups is 1. The van der Waals surface area contributed by atoms with Crippen LogP contribution in [0.1, 0.15) is 15.9 Å². The third-order valence-corrected chi connectivity index (χ3v) is 3.64. The molecular formula is C14H11N2O5S-. The number of hydrogen-bond donors (Lipinski definition) is 2. The molecule has 0 heterocycles. The average molecular weight is 319 g/mol. The van der Waals surface area contributed by atoms with Crippen LogP contribution in [0.15, 0.2) is 58.5 Å². The first kappa shape index (κ1) is 15.7. The summed E-state index contributed by atoms with van der Waals surface area (Å²) in [5, 5.41) is 12.8. The topological polar surface area (TPSA) is 119 Å². The first-order valence-corrected chi connectivity index (χ1v) is 7.47. The molecule has 8 heteroatoms. The standard InChI is InChI=1S/C14H12N2O5S/c17-14(18)11-6-2-3-7-12(11)16-15-9-10-5-1-4-8-13(10)22(19,20)21/h1-9,16H,(H,17,18)(H,19,20,21)/p-1/b15-9+. The Morgan fingerprint density at radius 2 is 1.77 bits per heavy atom. The van der Waals surface area contributed by atoms with Gasteiger partial charge in [0.1, 0.15) is 10.1 Å². The van der Waals surface area contributed by atoms with Crippen molar-refractivity contribution in [3.05, 3.63) is 59.7 Å². The second kappa shape index (κ2) is 6.37. The minimum atomic E-state index is -4.61. The van der Waals surface area contributed by atoms with E-state index in [0.717, 1.165) is 6.21 Å². The quantitative estimate of drug-likeness (QED) is 0.492. The number of para-hydroxylation sites is 1. The van der Waals surface area contributed by atoms with Gasteiger partial charge in [-0.05, 0) is 18.2 Å². The fourth-order valence-electron chi connectivity index (χ4n) is 1.75. The maximum absolute atomic E-state index is 11.1. The summed E-state index contributed by atoms with van der Waals surface area (Å²) in [6.07, 6.45) is 1.14. The lowest BCUT2D eigenvalue weighted by Gasteiger charge is -2.09. The molecule has 0 atom stereocenters. The van der Waals surface area contributed by atoms with Crippen molar-refractivity contribution in [2.45, 2.75) is 4.90 Å². The summed E-state index contributed by atoms with van der Waals surface area (Å²) in [7, 11) is -4.61. The molecule has 0 saturated heterocycles. The number of nitrogens with one attached hydrogen (secondary N) is 1. The Morgan fingerprint density at radius 3 is 2.45 bits per heavy atom. The van der Waals surface area contributed by atoms with Crippen molar-refractivity contribution in [3.8, 4) is 0 Å². The van der Waals surface area contributed by atoms with Gasteiger partial charge in [0.25, 0.3) is 0 Å². The summed E-state index contributed by atoms with van der Waals surface area (Å²) in [6.45, 7) is 0. The number of aromatic carboxylic acids is 1. The molecule has 0 saturated carbocycles. The van der Waals surface area contributed by atoms with Crippen LogP contribution in [-0.4, -0.2) is 30.3 Å². The van der Waals surface area contributed by atoms with Crippen LogP contribution >= 0.6 is 0 Å². The second-order valence-electron chi connectivity index (χ2n) is 4.21. The maximum Gasteiger partial charge on any atom is 0.337 e. The van der Waals surface area contributed by atoms with Crippen LogP contribution in [0.2, 0.25) is 0 Å². The van der Waals surface area contributed by atoms with Crippen molar-refractivity contribution in [2.75, 3.05) is 5.43 Å². The number of rotatable bonds is 5. The molecule has 2 rings (SSSR count). The first-order chi connectivity index (χ1) is 10.4. The number of anilines is 1. The van der Waals surface area contributed by atoms with E-state index >= 15 is 0 Å². The van der Waals surface area contributed by atoms with E-state index in [1.807, 2.05) is 0 Å². The van der Waals surface area contributed by atoms with Crippen molar-refractivity contribution in [1.82, 2.24) is 0 Å². The molecule has 0 spiro atoms. The number of nitrogens with zero attached hydrogens (tertiary/aromatic N) is 1. The van der Waals surface area contributed by atoms with E-state index in [2.05, 4.69) is 10.5 Å². The maximum atomic E-state index is 11.1. The lowest BCUT2D eigenvalue weighted by Crippen LogP contribution is -2.04. The van der Waals surface area contributed by atoms with Gasteiger partial charge in [0.15, 0.2) is 0 Å². The largest absolute Gasteiger partial charge is 0.744 e. The normalized spacial score (nSPS) is 11.5.